The first-order valence-electron chi connectivity index (χ1n) is 3.04. The molecule has 0 saturated carbocycles. The minimum atomic E-state index is 0.314. The Balaban J connectivity index is 2.23. The summed E-state index contributed by atoms with van der Waals surface area (Å²) in [5, 5.41) is 1.79. The lowest BCUT2D eigenvalue weighted by atomic mass is 10.1. The van der Waals surface area contributed by atoms with Gasteiger partial charge in [-0.05, 0) is 12.8 Å². The van der Waals surface area contributed by atoms with Crippen molar-refractivity contribution in [1.29, 1.82) is 0 Å². The van der Waals surface area contributed by atoms with Crippen LogP contribution >= 0.6 is 0 Å². The number of hydrazine groups is 1. The highest BCUT2D eigenvalue weighted by Gasteiger charge is 2.12. The highest BCUT2D eigenvalue weighted by Crippen LogP contribution is 2.02. The molecule has 1 atom stereocenters. The molecule has 0 bridgehead atoms. The van der Waals surface area contributed by atoms with Crippen LogP contribution in [0, 0.1) is 0 Å². The van der Waals surface area contributed by atoms with E-state index in [1.807, 2.05) is 0 Å². The zero-order chi connectivity index (χ0) is 5.98. The fourth-order valence-corrected chi connectivity index (χ4v) is 1.04. The lowest BCUT2D eigenvalue weighted by molar-refractivity contribution is 0.214. The van der Waals surface area contributed by atoms with Crippen LogP contribution in [0.4, 0.5) is 0 Å². The number of hydrogen-bond donors (Lipinski definition) is 2. The van der Waals surface area contributed by atoms with Crippen LogP contribution in [-0.4, -0.2) is 24.1 Å². The third kappa shape index (κ3) is 1.43. The zero-order valence-electron chi connectivity index (χ0n) is 5.01. The average molecular weight is 115 g/mol. The largest absolute Gasteiger partial charge is 0.326 e. The first-order valence-corrected chi connectivity index (χ1v) is 3.04. The SMILES string of the molecule is NC1CCCN(N)C1. The molecule has 48 valence electrons. The first-order chi connectivity index (χ1) is 3.79. The maximum atomic E-state index is 5.60. The van der Waals surface area contributed by atoms with Gasteiger partial charge in [0.1, 0.15) is 0 Å². The van der Waals surface area contributed by atoms with E-state index in [1.54, 1.807) is 5.01 Å². The summed E-state index contributed by atoms with van der Waals surface area (Å²) in [5.41, 5.74) is 5.60. The smallest absolute Gasteiger partial charge is 0.0280 e. The molecule has 0 aromatic carbocycles. The summed E-state index contributed by atoms with van der Waals surface area (Å²) < 4.78 is 0. The molecule has 0 amide bonds. The van der Waals surface area contributed by atoms with Crippen molar-refractivity contribution in [1.82, 2.24) is 5.01 Å². The molecule has 1 fully saturated rings. The molecule has 3 heteroatoms. The molecule has 4 N–H and O–H groups in total. The van der Waals surface area contributed by atoms with Crippen LogP contribution < -0.4 is 11.6 Å². The second-order valence-corrected chi connectivity index (χ2v) is 2.40. The molecule has 1 unspecified atom stereocenters. The van der Waals surface area contributed by atoms with Gasteiger partial charge in [-0.3, -0.25) is 5.84 Å². The molecule has 0 aliphatic carbocycles. The maximum absolute atomic E-state index is 5.60. The van der Waals surface area contributed by atoms with Crippen LogP contribution in [0.25, 0.3) is 0 Å². The predicted octanol–water partition coefficient (Wildman–Crippen LogP) is -0.717. The number of piperidine rings is 1. The summed E-state index contributed by atoms with van der Waals surface area (Å²) in [6, 6.07) is 0.314. The van der Waals surface area contributed by atoms with Gasteiger partial charge in [-0.15, -0.1) is 0 Å². The van der Waals surface area contributed by atoms with Gasteiger partial charge in [0.15, 0.2) is 0 Å². The lowest BCUT2D eigenvalue weighted by Gasteiger charge is -2.25. The highest BCUT2D eigenvalue weighted by molar-refractivity contribution is 4.70. The molecule has 0 aromatic heterocycles. The van der Waals surface area contributed by atoms with E-state index in [-0.39, 0.29) is 0 Å². The molecule has 0 radical (unpaired) electrons. The van der Waals surface area contributed by atoms with E-state index < -0.39 is 0 Å². The number of nitrogens with two attached hydrogens (primary N) is 2. The number of hydrogen-bond acceptors (Lipinski definition) is 3. The van der Waals surface area contributed by atoms with Crippen molar-refractivity contribution in [3.63, 3.8) is 0 Å². The van der Waals surface area contributed by atoms with E-state index >= 15 is 0 Å². The number of nitrogens with zero attached hydrogens (tertiary/aromatic N) is 1. The van der Waals surface area contributed by atoms with E-state index in [2.05, 4.69) is 0 Å². The Bertz CT molecular complexity index is 66.1. The zero-order valence-corrected chi connectivity index (χ0v) is 5.01. The van der Waals surface area contributed by atoms with Crippen LogP contribution in [0.5, 0.6) is 0 Å². The molecule has 1 saturated heterocycles. The van der Waals surface area contributed by atoms with Gasteiger partial charge in [-0.1, -0.05) is 0 Å². The van der Waals surface area contributed by atoms with Crippen molar-refractivity contribution in [3.05, 3.63) is 0 Å². The first kappa shape index (κ1) is 6.01. The van der Waals surface area contributed by atoms with Crippen LogP contribution in [0.1, 0.15) is 12.8 Å². The van der Waals surface area contributed by atoms with Crippen molar-refractivity contribution >= 4 is 0 Å². The fourth-order valence-electron chi connectivity index (χ4n) is 1.04. The topological polar surface area (TPSA) is 55.3 Å². The Hall–Kier alpha value is -0.120. The monoisotopic (exact) mass is 115 g/mol. The van der Waals surface area contributed by atoms with Crippen molar-refractivity contribution in [2.75, 3.05) is 13.1 Å². The Morgan fingerprint density at radius 1 is 1.50 bits per heavy atom. The van der Waals surface area contributed by atoms with E-state index in [0.29, 0.717) is 6.04 Å². The van der Waals surface area contributed by atoms with Crippen molar-refractivity contribution in [3.8, 4) is 0 Å². The molecule has 1 rings (SSSR count). The predicted molar refractivity (Wildman–Crippen MR) is 33.0 cm³/mol. The average Bonchev–Trinajstić information content (AvgIpc) is 1.64. The third-order valence-corrected chi connectivity index (χ3v) is 1.49. The lowest BCUT2D eigenvalue weighted by Crippen LogP contribution is -2.46. The standard InChI is InChI=1S/C5H13N3/c6-5-2-1-3-8(7)4-5/h5H,1-4,6-7H2. The van der Waals surface area contributed by atoms with Crippen LogP contribution in [0.15, 0.2) is 0 Å². The molecular weight excluding hydrogens is 102 g/mol. The fraction of sp³-hybridized carbons (Fsp3) is 1.00. The van der Waals surface area contributed by atoms with Gasteiger partial charge in [0, 0.05) is 19.1 Å². The van der Waals surface area contributed by atoms with E-state index in [9.17, 15) is 0 Å². The molecule has 1 heterocycles. The second-order valence-electron chi connectivity index (χ2n) is 2.40. The van der Waals surface area contributed by atoms with E-state index in [4.69, 9.17) is 11.6 Å². The summed E-state index contributed by atoms with van der Waals surface area (Å²) in [5.74, 6) is 5.48. The van der Waals surface area contributed by atoms with Gasteiger partial charge in [0.25, 0.3) is 0 Å². The van der Waals surface area contributed by atoms with Crippen molar-refractivity contribution < 1.29 is 0 Å². The van der Waals surface area contributed by atoms with Crippen LogP contribution in [0.3, 0.4) is 0 Å². The van der Waals surface area contributed by atoms with Gasteiger partial charge in [-0.2, -0.15) is 0 Å². The van der Waals surface area contributed by atoms with Gasteiger partial charge in [-0.25, -0.2) is 5.01 Å². The van der Waals surface area contributed by atoms with Gasteiger partial charge >= 0.3 is 0 Å². The van der Waals surface area contributed by atoms with E-state index in [0.717, 1.165) is 25.9 Å². The minimum absolute atomic E-state index is 0.314. The summed E-state index contributed by atoms with van der Waals surface area (Å²) in [7, 11) is 0. The maximum Gasteiger partial charge on any atom is 0.0280 e. The van der Waals surface area contributed by atoms with E-state index in [1.165, 1.54) is 0 Å². The molecule has 3 nitrogen and oxygen atoms in total. The van der Waals surface area contributed by atoms with Crippen molar-refractivity contribution in [2.45, 2.75) is 18.9 Å². The Labute approximate surface area is 49.6 Å². The molecule has 1 aliphatic rings. The Morgan fingerprint density at radius 2 is 2.25 bits per heavy atom. The summed E-state index contributed by atoms with van der Waals surface area (Å²) in [4.78, 5) is 0. The normalized spacial score (nSPS) is 33.0. The van der Waals surface area contributed by atoms with Gasteiger partial charge in [0.2, 0.25) is 0 Å². The highest BCUT2D eigenvalue weighted by atomic mass is 15.4. The minimum Gasteiger partial charge on any atom is -0.326 e. The molecular formula is C5H13N3. The molecule has 8 heavy (non-hydrogen) atoms. The summed E-state index contributed by atoms with van der Waals surface area (Å²) in [6.45, 7) is 1.87. The third-order valence-electron chi connectivity index (χ3n) is 1.49. The number of rotatable bonds is 0. The van der Waals surface area contributed by atoms with Crippen LogP contribution in [-0.2, 0) is 0 Å². The van der Waals surface area contributed by atoms with Gasteiger partial charge in [0.05, 0.1) is 0 Å². The molecule has 1 aliphatic heterocycles. The summed E-state index contributed by atoms with van der Waals surface area (Å²) >= 11 is 0. The second kappa shape index (κ2) is 2.44. The Morgan fingerprint density at radius 3 is 2.62 bits per heavy atom. The molecule has 0 aromatic rings. The Kier molecular flexibility index (Phi) is 1.83. The van der Waals surface area contributed by atoms with Crippen LogP contribution in [0.2, 0.25) is 0 Å². The summed E-state index contributed by atoms with van der Waals surface area (Å²) in [6.07, 6.45) is 2.28. The van der Waals surface area contributed by atoms with Crippen molar-refractivity contribution in [2.24, 2.45) is 11.6 Å². The quantitative estimate of drug-likeness (QED) is 0.410. The molecule has 0 spiro atoms. The van der Waals surface area contributed by atoms with Gasteiger partial charge < -0.3 is 5.73 Å².